The molecule has 0 radical (unpaired) electrons. The molecule has 0 saturated heterocycles. The molecule has 0 aromatic heterocycles. The number of likely N-dealkylation sites (N-methyl/N-ethyl adjacent to an activating group) is 1. The van der Waals surface area contributed by atoms with Gasteiger partial charge in [-0.1, -0.05) is 0 Å². The number of ether oxygens (including phenoxy) is 3. The van der Waals surface area contributed by atoms with Crippen LogP contribution in [-0.4, -0.2) is 52.7 Å². The first-order valence-corrected chi connectivity index (χ1v) is 5.06. The van der Waals surface area contributed by atoms with E-state index in [0.29, 0.717) is 26.4 Å². The highest BCUT2D eigenvalue weighted by Crippen LogP contribution is 1.90. The minimum atomic E-state index is 0.263. The third-order valence-corrected chi connectivity index (χ3v) is 1.77. The molecule has 1 atom stereocenters. The van der Waals surface area contributed by atoms with E-state index in [2.05, 4.69) is 5.32 Å². The molecular formula is C10H23NO3. The fourth-order valence-electron chi connectivity index (χ4n) is 0.984. The molecule has 4 nitrogen and oxygen atoms in total. The first kappa shape index (κ1) is 13.8. The molecule has 0 heterocycles. The summed E-state index contributed by atoms with van der Waals surface area (Å²) < 4.78 is 15.8. The maximum atomic E-state index is 5.42. The highest BCUT2D eigenvalue weighted by molar-refractivity contribution is 4.61. The standard InChI is InChI=1S/C10H23NO3/c1-9(2)14-6-5-13-8-10(11-3)7-12-4/h9-11H,5-8H2,1-4H3. The Kier molecular flexibility index (Phi) is 9.29. The molecule has 14 heavy (non-hydrogen) atoms. The molecule has 0 amide bonds. The van der Waals surface area contributed by atoms with E-state index in [9.17, 15) is 0 Å². The molecule has 4 heteroatoms. The average molecular weight is 205 g/mol. The van der Waals surface area contributed by atoms with Crippen molar-refractivity contribution in [1.29, 1.82) is 0 Å². The molecule has 0 aromatic carbocycles. The van der Waals surface area contributed by atoms with Gasteiger partial charge >= 0.3 is 0 Å². The van der Waals surface area contributed by atoms with Crippen LogP contribution in [0.4, 0.5) is 0 Å². The molecule has 0 fully saturated rings. The zero-order chi connectivity index (χ0) is 10.8. The van der Waals surface area contributed by atoms with Gasteiger partial charge in [0.25, 0.3) is 0 Å². The Morgan fingerprint density at radius 3 is 2.36 bits per heavy atom. The molecule has 0 aromatic rings. The zero-order valence-corrected chi connectivity index (χ0v) is 9.71. The van der Waals surface area contributed by atoms with E-state index in [0.717, 1.165) is 0 Å². The van der Waals surface area contributed by atoms with Gasteiger partial charge in [0, 0.05) is 7.11 Å². The number of methoxy groups -OCH3 is 1. The second kappa shape index (κ2) is 9.40. The third-order valence-electron chi connectivity index (χ3n) is 1.77. The van der Waals surface area contributed by atoms with Crippen LogP contribution in [0.3, 0.4) is 0 Å². The molecule has 0 aliphatic heterocycles. The van der Waals surface area contributed by atoms with Crippen LogP contribution < -0.4 is 5.32 Å². The Labute approximate surface area is 86.9 Å². The molecule has 0 rings (SSSR count). The molecule has 1 unspecified atom stereocenters. The van der Waals surface area contributed by atoms with Crippen molar-refractivity contribution in [2.24, 2.45) is 0 Å². The summed E-state index contributed by atoms with van der Waals surface area (Å²) in [5.74, 6) is 0. The molecule has 0 aliphatic carbocycles. The van der Waals surface area contributed by atoms with Gasteiger partial charge in [0.05, 0.1) is 38.6 Å². The number of hydrogen-bond acceptors (Lipinski definition) is 4. The average Bonchev–Trinajstić information content (AvgIpc) is 2.15. The lowest BCUT2D eigenvalue weighted by atomic mass is 10.3. The van der Waals surface area contributed by atoms with Crippen molar-refractivity contribution in [1.82, 2.24) is 5.32 Å². The van der Waals surface area contributed by atoms with Gasteiger partial charge in [-0.3, -0.25) is 0 Å². The summed E-state index contributed by atoms with van der Waals surface area (Å²) in [4.78, 5) is 0. The summed E-state index contributed by atoms with van der Waals surface area (Å²) in [6.45, 7) is 6.65. The van der Waals surface area contributed by atoms with Gasteiger partial charge in [-0.25, -0.2) is 0 Å². The van der Waals surface area contributed by atoms with Gasteiger partial charge in [0.15, 0.2) is 0 Å². The van der Waals surface area contributed by atoms with E-state index in [1.165, 1.54) is 0 Å². The summed E-state index contributed by atoms with van der Waals surface area (Å²) >= 11 is 0. The predicted molar refractivity (Wildman–Crippen MR) is 56.6 cm³/mol. The van der Waals surface area contributed by atoms with Crippen molar-refractivity contribution < 1.29 is 14.2 Å². The summed E-state index contributed by atoms with van der Waals surface area (Å²) in [7, 11) is 3.59. The van der Waals surface area contributed by atoms with Crippen LogP contribution in [0.1, 0.15) is 13.8 Å². The number of nitrogens with one attached hydrogen (secondary N) is 1. The maximum absolute atomic E-state index is 5.42. The highest BCUT2D eigenvalue weighted by Gasteiger charge is 2.04. The molecule has 86 valence electrons. The zero-order valence-electron chi connectivity index (χ0n) is 9.71. The Morgan fingerprint density at radius 1 is 1.14 bits per heavy atom. The van der Waals surface area contributed by atoms with Gasteiger partial charge in [0.2, 0.25) is 0 Å². The summed E-state index contributed by atoms with van der Waals surface area (Å²) in [5, 5.41) is 3.11. The van der Waals surface area contributed by atoms with E-state index < -0.39 is 0 Å². The number of rotatable bonds is 9. The maximum Gasteiger partial charge on any atom is 0.0703 e. The second-order valence-corrected chi connectivity index (χ2v) is 3.44. The van der Waals surface area contributed by atoms with Gasteiger partial charge in [-0.2, -0.15) is 0 Å². The first-order valence-electron chi connectivity index (χ1n) is 5.06. The lowest BCUT2D eigenvalue weighted by Gasteiger charge is -2.15. The Bertz CT molecular complexity index is 120. The van der Waals surface area contributed by atoms with Crippen LogP contribution in [-0.2, 0) is 14.2 Å². The largest absolute Gasteiger partial charge is 0.383 e. The summed E-state index contributed by atoms with van der Waals surface area (Å²) in [6.07, 6.45) is 0.276. The van der Waals surface area contributed by atoms with E-state index in [1.807, 2.05) is 20.9 Å². The van der Waals surface area contributed by atoms with Crippen molar-refractivity contribution in [2.45, 2.75) is 26.0 Å². The fourth-order valence-corrected chi connectivity index (χ4v) is 0.984. The Hall–Kier alpha value is -0.160. The van der Waals surface area contributed by atoms with Crippen molar-refractivity contribution in [2.75, 3.05) is 40.6 Å². The third kappa shape index (κ3) is 8.44. The van der Waals surface area contributed by atoms with Crippen molar-refractivity contribution in [3.8, 4) is 0 Å². The number of hydrogen-bond donors (Lipinski definition) is 1. The van der Waals surface area contributed by atoms with Crippen molar-refractivity contribution >= 4 is 0 Å². The van der Waals surface area contributed by atoms with Gasteiger partial charge in [0.1, 0.15) is 0 Å². The van der Waals surface area contributed by atoms with Crippen LogP contribution in [0.5, 0.6) is 0 Å². The Morgan fingerprint density at radius 2 is 1.86 bits per heavy atom. The summed E-state index contributed by atoms with van der Waals surface area (Å²) in [5.41, 5.74) is 0. The molecule has 0 saturated carbocycles. The minimum absolute atomic E-state index is 0.263. The molecule has 1 N–H and O–H groups in total. The SMILES string of the molecule is CNC(COC)COCCOC(C)C. The lowest BCUT2D eigenvalue weighted by molar-refractivity contribution is 0.00770. The van der Waals surface area contributed by atoms with Crippen LogP contribution >= 0.6 is 0 Å². The second-order valence-electron chi connectivity index (χ2n) is 3.44. The molecule has 0 spiro atoms. The van der Waals surface area contributed by atoms with E-state index >= 15 is 0 Å². The van der Waals surface area contributed by atoms with Crippen LogP contribution in [0.25, 0.3) is 0 Å². The van der Waals surface area contributed by atoms with Gasteiger partial charge < -0.3 is 19.5 Å². The quantitative estimate of drug-likeness (QED) is 0.561. The normalized spacial score (nSPS) is 13.5. The Balaban J connectivity index is 3.24. The van der Waals surface area contributed by atoms with Crippen molar-refractivity contribution in [3.05, 3.63) is 0 Å². The van der Waals surface area contributed by atoms with E-state index in [1.54, 1.807) is 7.11 Å². The molecule has 0 aliphatic rings. The van der Waals surface area contributed by atoms with E-state index in [-0.39, 0.29) is 12.1 Å². The monoisotopic (exact) mass is 205 g/mol. The van der Waals surface area contributed by atoms with Gasteiger partial charge in [-0.15, -0.1) is 0 Å². The topological polar surface area (TPSA) is 39.7 Å². The predicted octanol–water partition coefficient (Wildman–Crippen LogP) is 0.662. The van der Waals surface area contributed by atoms with E-state index in [4.69, 9.17) is 14.2 Å². The highest BCUT2D eigenvalue weighted by atomic mass is 16.5. The fraction of sp³-hybridized carbons (Fsp3) is 1.00. The van der Waals surface area contributed by atoms with Gasteiger partial charge in [-0.05, 0) is 20.9 Å². The van der Waals surface area contributed by atoms with Crippen LogP contribution in [0.15, 0.2) is 0 Å². The minimum Gasteiger partial charge on any atom is -0.383 e. The van der Waals surface area contributed by atoms with Crippen LogP contribution in [0.2, 0.25) is 0 Å². The lowest BCUT2D eigenvalue weighted by Crippen LogP contribution is -2.35. The molecule has 0 bridgehead atoms. The van der Waals surface area contributed by atoms with Crippen molar-refractivity contribution in [3.63, 3.8) is 0 Å². The first-order chi connectivity index (χ1) is 6.70. The summed E-state index contributed by atoms with van der Waals surface area (Å²) in [6, 6.07) is 0.263. The molecular weight excluding hydrogens is 182 g/mol. The smallest absolute Gasteiger partial charge is 0.0703 e. The van der Waals surface area contributed by atoms with Crippen LogP contribution in [0, 0.1) is 0 Å².